The Morgan fingerprint density at radius 2 is 2.06 bits per heavy atom. The molecule has 2 aliphatic heterocycles. The first-order chi connectivity index (χ1) is 8.77. The van der Waals surface area contributed by atoms with E-state index in [0.717, 1.165) is 12.6 Å². The number of nitrogens with one attached hydrogen (secondary N) is 1. The van der Waals surface area contributed by atoms with Crippen LogP contribution in [0.4, 0.5) is 0 Å². The van der Waals surface area contributed by atoms with Gasteiger partial charge in [0.05, 0.1) is 6.10 Å². The van der Waals surface area contributed by atoms with Gasteiger partial charge in [0.15, 0.2) is 0 Å². The standard InChI is InChI=1S/C15H28N2O/c1-13-11-14(5-10-18-13)17-9-8-16-15(12-17)6-3-2-4-7-15/h13-14,16H,2-12H2,1H3. The van der Waals surface area contributed by atoms with Crippen molar-refractivity contribution in [1.82, 2.24) is 10.2 Å². The van der Waals surface area contributed by atoms with E-state index >= 15 is 0 Å². The number of piperazine rings is 1. The van der Waals surface area contributed by atoms with Crippen LogP contribution in [0.2, 0.25) is 0 Å². The minimum absolute atomic E-state index is 0.456. The summed E-state index contributed by atoms with van der Waals surface area (Å²) in [7, 11) is 0. The van der Waals surface area contributed by atoms with Crippen molar-refractivity contribution in [2.75, 3.05) is 26.2 Å². The average molecular weight is 252 g/mol. The lowest BCUT2D eigenvalue weighted by Crippen LogP contribution is -2.63. The van der Waals surface area contributed by atoms with Gasteiger partial charge in [-0.2, -0.15) is 0 Å². The van der Waals surface area contributed by atoms with Crippen LogP contribution in [-0.2, 0) is 4.74 Å². The molecule has 0 aromatic carbocycles. The van der Waals surface area contributed by atoms with Gasteiger partial charge < -0.3 is 10.1 Å². The van der Waals surface area contributed by atoms with Gasteiger partial charge in [0.2, 0.25) is 0 Å². The zero-order valence-electron chi connectivity index (χ0n) is 11.8. The van der Waals surface area contributed by atoms with E-state index in [4.69, 9.17) is 4.74 Å². The van der Waals surface area contributed by atoms with Crippen molar-refractivity contribution >= 4 is 0 Å². The molecule has 2 heterocycles. The zero-order chi connectivity index (χ0) is 12.4. The summed E-state index contributed by atoms with van der Waals surface area (Å²) in [6.45, 7) is 6.89. The highest BCUT2D eigenvalue weighted by molar-refractivity contribution is 4.98. The first kappa shape index (κ1) is 12.9. The van der Waals surface area contributed by atoms with Gasteiger partial charge in [0.1, 0.15) is 0 Å². The summed E-state index contributed by atoms with van der Waals surface area (Å²) in [6, 6.07) is 0.773. The monoisotopic (exact) mass is 252 g/mol. The molecular formula is C15H28N2O. The molecule has 2 saturated heterocycles. The molecule has 0 aromatic rings. The molecule has 0 bridgehead atoms. The molecule has 0 radical (unpaired) electrons. The van der Waals surface area contributed by atoms with E-state index in [2.05, 4.69) is 17.1 Å². The molecule has 1 saturated carbocycles. The molecule has 3 fully saturated rings. The average Bonchev–Trinajstić information content (AvgIpc) is 2.40. The summed E-state index contributed by atoms with van der Waals surface area (Å²) >= 11 is 0. The van der Waals surface area contributed by atoms with Gasteiger partial charge in [-0.25, -0.2) is 0 Å². The SMILES string of the molecule is CC1CC(N2CCNC3(CCCCC3)C2)CCO1. The summed E-state index contributed by atoms with van der Waals surface area (Å²) in [6.07, 6.45) is 10.00. The Bertz CT molecular complexity index is 270. The molecule has 3 nitrogen and oxygen atoms in total. The summed E-state index contributed by atoms with van der Waals surface area (Å²) in [5, 5.41) is 3.84. The minimum atomic E-state index is 0.456. The van der Waals surface area contributed by atoms with Crippen LogP contribution in [0.3, 0.4) is 0 Å². The Morgan fingerprint density at radius 3 is 2.83 bits per heavy atom. The number of hydrogen-bond acceptors (Lipinski definition) is 3. The zero-order valence-corrected chi connectivity index (χ0v) is 11.8. The highest BCUT2D eigenvalue weighted by Crippen LogP contribution is 2.32. The van der Waals surface area contributed by atoms with Crippen molar-refractivity contribution in [3.63, 3.8) is 0 Å². The van der Waals surface area contributed by atoms with E-state index in [1.54, 1.807) is 0 Å². The van der Waals surface area contributed by atoms with Crippen LogP contribution in [0.25, 0.3) is 0 Å². The van der Waals surface area contributed by atoms with Crippen molar-refractivity contribution in [1.29, 1.82) is 0 Å². The number of rotatable bonds is 1. The van der Waals surface area contributed by atoms with Gasteiger partial charge in [0, 0.05) is 37.8 Å². The largest absolute Gasteiger partial charge is 0.378 e. The Kier molecular flexibility index (Phi) is 3.92. The molecule has 1 N–H and O–H groups in total. The predicted molar refractivity (Wildman–Crippen MR) is 73.8 cm³/mol. The third-order valence-electron chi connectivity index (χ3n) is 5.19. The topological polar surface area (TPSA) is 24.5 Å². The molecule has 0 aromatic heterocycles. The van der Waals surface area contributed by atoms with Gasteiger partial charge in [-0.3, -0.25) is 4.90 Å². The van der Waals surface area contributed by atoms with Crippen LogP contribution in [0, 0.1) is 0 Å². The Morgan fingerprint density at radius 1 is 1.22 bits per heavy atom. The first-order valence-corrected chi connectivity index (χ1v) is 7.88. The van der Waals surface area contributed by atoms with Crippen molar-refractivity contribution in [3.05, 3.63) is 0 Å². The molecule has 3 rings (SSSR count). The van der Waals surface area contributed by atoms with Gasteiger partial charge in [0.25, 0.3) is 0 Å². The molecule has 2 unspecified atom stereocenters. The van der Waals surface area contributed by atoms with Crippen LogP contribution in [0.1, 0.15) is 51.9 Å². The van der Waals surface area contributed by atoms with Crippen LogP contribution in [0.5, 0.6) is 0 Å². The fourth-order valence-electron chi connectivity index (χ4n) is 4.17. The van der Waals surface area contributed by atoms with Gasteiger partial charge in [-0.05, 0) is 32.6 Å². The molecule has 18 heavy (non-hydrogen) atoms. The van der Waals surface area contributed by atoms with E-state index in [-0.39, 0.29) is 0 Å². The Balaban J connectivity index is 1.62. The lowest BCUT2D eigenvalue weighted by Gasteiger charge is -2.49. The molecular weight excluding hydrogens is 224 g/mol. The van der Waals surface area contributed by atoms with E-state index in [9.17, 15) is 0 Å². The molecule has 1 aliphatic carbocycles. The fraction of sp³-hybridized carbons (Fsp3) is 1.00. The smallest absolute Gasteiger partial charge is 0.0561 e. The van der Waals surface area contributed by atoms with E-state index < -0.39 is 0 Å². The van der Waals surface area contributed by atoms with Crippen molar-refractivity contribution in [2.45, 2.75) is 69.6 Å². The molecule has 3 aliphatic rings. The number of nitrogens with zero attached hydrogens (tertiary/aromatic N) is 1. The highest BCUT2D eigenvalue weighted by Gasteiger charge is 2.38. The van der Waals surface area contributed by atoms with Crippen LogP contribution in [-0.4, -0.2) is 48.8 Å². The summed E-state index contributed by atoms with van der Waals surface area (Å²) in [5.74, 6) is 0. The summed E-state index contributed by atoms with van der Waals surface area (Å²) in [4.78, 5) is 2.76. The third kappa shape index (κ3) is 2.73. The van der Waals surface area contributed by atoms with Crippen molar-refractivity contribution in [2.24, 2.45) is 0 Å². The molecule has 2 atom stereocenters. The number of ether oxygens (including phenoxy) is 1. The summed E-state index contributed by atoms with van der Waals surface area (Å²) in [5.41, 5.74) is 0.456. The second-order valence-corrected chi connectivity index (χ2v) is 6.60. The maximum absolute atomic E-state index is 5.69. The Labute approximate surface area is 111 Å². The van der Waals surface area contributed by atoms with E-state index in [0.29, 0.717) is 11.6 Å². The first-order valence-electron chi connectivity index (χ1n) is 7.88. The predicted octanol–water partition coefficient (Wildman–Crippen LogP) is 2.16. The van der Waals surface area contributed by atoms with Crippen LogP contribution < -0.4 is 5.32 Å². The van der Waals surface area contributed by atoms with Crippen LogP contribution >= 0.6 is 0 Å². The minimum Gasteiger partial charge on any atom is -0.378 e. The number of hydrogen-bond donors (Lipinski definition) is 1. The van der Waals surface area contributed by atoms with Gasteiger partial charge in [-0.1, -0.05) is 19.3 Å². The second-order valence-electron chi connectivity index (χ2n) is 6.60. The second kappa shape index (κ2) is 5.48. The van der Waals surface area contributed by atoms with Crippen molar-refractivity contribution < 1.29 is 4.74 Å². The van der Waals surface area contributed by atoms with E-state index in [1.165, 1.54) is 64.6 Å². The normalized spacial score (nSPS) is 37.8. The van der Waals surface area contributed by atoms with Crippen molar-refractivity contribution in [3.8, 4) is 0 Å². The van der Waals surface area contributed by atoms with Gasteiger partial charge >= 0.3 is 0 Å². The molecule has 3 heteroatoms. The molecule has 1 spiro atoms. The van der Waals surface area contributed by atoms with Gasteiger partial charge in [-0.15, -0.1) is 0 Å². The lowest BCUT2D eigenvalue weighted by atomic mass is 9.79. The summed E-state index contributed by atoms with van der Waals surface area (Å²) < 4.78 is 5.69. The Hall–Kier alpha value is -0.120. The lowest BCUT2D eigenvalue weighted by molar-refractivity contribution is -0.0341. The molecule has 104 valence electrons. The van der Waals surface area contributed by atoms with Crippen LogP contribution in [0.15, 0.2) is 0 Å². The maximum Gasteiger partial charge on any atom is 0.0561 e. The van der Waals surface area contributed by atoms with E-state index in [1.807, 2.05) is 0 Å². The quantitative estimate of drug-likeness (QED) is 0.774. The third-order valence-corrected chi connectivity index (χ3v) is 5.19. The highest BCUT2D eigenvalue weighted by atomic mass is 16.5. The molecule has 0 amide bonds. The maximum atomic E-state index is 5.69. The fourth-order valence-corrected chi connectivity index (χ4v) is 4.17.